The van der Waals surface area contributed by atoms with E-state index in [0.717, 1.165) is 50.4 Å². The van der Waals surface area contributed by atoms with Crippen molar-refractivity contribution in [2.45, 2.75) is 38.3 Å². The Hall–Kier alpha value is -1.55. The average molecular weight is 274 g/mol. The van der Waals surface area contributed by atoms with Crippen molar-refractivity contribution in [3.63, 3.8) is 0 Å². The van der Waals surface area contributed by atoms with E-state index in [4.69, 9.17) is 9.57 Å². The van der Waals surface area contributed by atoms with Crippen LogP contribution in [0.1, 0.15) is 31.7 Å². The maximum Gasteiger partial charge on any atom is 0.145 e. The van der Waals surface area contributed by atoms with E-state index in [9.17, 15) is 0 Å². The minimum Gasteiger partial charge on any atom is -0.497 e. The van der Waals surface area contributed by atoms with Crippen LogP contribution in [0, 0.1) is 0 Å². The van der Waals surface area contributed by atoms with Gasteiger partial charge in [-0.15, -0.1) is 0 Å². The fourth-order valence-electron chi connectivity index (χ4n) is 3.08. The fraction of sp³-hybridized carbons (Fsp3) is 0.562. The third-order valence-electron chi connectivity index (χ3n) is 4.31. The van der Waals surface area contributed by atoms with Crippen LogP contribution >= 0.6 is 0 Å². The lowest BCUT2D eigenvalue weighted by atomic mass is 9.87. The van der Waals surface area contributed by atoms with Gasteiger partial charge in [0, 0.05) is 38.9 Å². The van der Waals surface area contributed by atoms with Crippen molar-refractivity contribution < 1.29 is 9.57 Å². The van der Waals surface area contributed by atoms with Gasteiger partial charge in [0.1, 0.15) is 11.4 Å². The lowest BCUT2D eigenvalue weighted by molar-refractivity contribution is -0.0627. The van der Waals surface area contributed by atoms with Crippen LogP contribution in [0.25, 0.3) is 0 Å². The van der Waals surface area contributed by atoms with Gasteiger partial charge in [0.25, 0.3) is 0 Å². The molecule has 20 heavy (non-hydrogen) atoms. The highest BCUT2D eigenvalue weighted by molar-refractivity contribution is 5.83. The topological polar surface area (TPSA) is 34.1 Å². The summed E-state index contributed by atoms with van der Waals surface area (Å²) in [7, 11) is 1.70. The number of likely N-dealkylation sites (tertiary alicyclic amines) is 1. The molecule has 0 atom stereocenters. The maximum atomic E-state index is 5.67. The summed E-state index contributed by atoms with van der Waals surface area (Å²) in [5.74, 6) is 0.915. The first-order valence-electron chi connectivity index (χ1n) is 7.26. The second-order valence-corrected chi connectivity index (χ2v) is 5.90. The minimum absolute atomic E-state index is 0.000488. The first kappa shape index (κ1) is 13.4. The van der Waals surface area contributed by atoms with Crippen molar-refractivity contribution >= 4 is 5.71 Å². The van der Waals surface area contributed by atoms with Crippen LogP contribution in [0.15, 0.2) is 29.4 Å². The molecule has 108 valence electrons. The van der Waals surface area contributed by atoms with E-state index in [1.54, 1.807) is 7.11 Å². The van der Waals surface area contributed by atoms with Gasteiger partial charge < -0.3 is 9.57 Å². The molecular weight excluding hydrogens is 252 g/mol. The van der Waals surface area contributed by atoms with Crippen LogP contribution in [-0.4, -0.2) is 36.4 Å². The number of methoxy groups -OCH3 is 1. The van der Waals surface area contributed by atoms with E-state index >= 15 is 0 Å². The number of rotatable bonds is 3. The van der Waals surface area contributed by atoms with Crippen molar-refractivity contribution in [2.75, 3.05) is 20.2 Å². The van der Waals surface area contributed by atoms with Crippen molar-refractivity contribution in [1.29, 1.82) is 0 Å². The summed E-state index contributed by atoms with van der Waals surface area (Å²) in [6.07, 6.45) is 3.15. The lowest BCUT2D eigenvalue weighted by Gasteiger charge is -2.37. The average Bonchev–Trinajstić information content (AvgIpc) is 2.84. The highest BCUT2D eigenvalue weighted by Gasteiger charge is 2.40. The molecule has 4 nitrogen and oxygen atoms in total. The molecule has 2 aliphatic heterocycles. The Morgan fingerprint density at radius 1 is 1.25 bits per heavy atom. The van der Waals surface area contributed by atoms with Gasteiger partial charge in [-0.05, 0) is 24.6 Å². The number of oxime groups is 1. The van der Waals surface area contributed by atoms with Crippen molar-refractivity contribution in [1.82, 2.24) is 4.90 Å². The molecular formula is C16H22N2O2. The summed E-state index contributed by atoms with van der Waals surface area (Å²) in [5.41, 5.74) is 2.47. The minimum atomic E-state index is 0.000488. The van der Waals surface area contributed by atoms with Gasteiger partial charge in [0.2, 0.25) is 0 Å². The Labute approximate surface area is 120 Å². The second-order valence-electron chi connectivity index (χ2n) is 5.90. The Morgan fingerprint density at radius 3 is 2.50 bits per heavy atom. The number of hydrogen-bond acceptors (Lipinski definition) is 4. The van der Waals surface area contributed by atoms with E-state index in [2.05, 4.69) is 29.1 Å². The molecule has 1 aromatic carbocycles. The van der Waals surface area contributed by atoms with Crippen molar-refractivity contribution in [3.8, 4) is 5.75 Å². The fourth-order valence-corrected chi connectivity index (χ4v) is 3.08. The summed E-state index contributed by atoms with van der Waals surface area (Å²) < 4.78 is 5.19. The van der Waals surface area contributed by atoms with Crippen LogP contribution < -0.4 is 4.74 Å². The Morgan fingerprint density at radius 2 is 1.95 bits per heavy atom. The van der Waals surface area contributed by atoms with E-state index in [1.807, 2.05) is 12.1 Å². The summed E-state index contributed by atoms with van der Waals surface area (Å²) in [6.45, 7) is 5.21. The third-order valence-corrected chi connectivity index (χ3v) is 4.31. The van der Waals surface area contributed by atoms with Crippen LogP contribution in [0.5, 0.6) is 5.75 Å². The molecule has 0 N–H and O–H groups in total. The largest absolute Gasteiger partial charge is 0.497 e. The number of piperidine rings is 1. The maximum absolute atomic E-state index is 5.67. The third kappa shape index (κ3) is 2.80. The first-order chi connectivity index (χ1) is 9.69. The summed E-state index contributed by atoms with van der Waals surface area (Å²) >= 11 is 0. The molecule has 0 saturated carbocycles. The van der Waals surface area contributed by atoms with Crippen LogP contribution in [0.4, 0.5) is 0 Å². The predicted octanol–water partition coefficient (Wildman–Crippen LogP) is 2.83. The van der Waals surface area contributed by atoms with Gasteiger partial charge in [-0.25, -0.2) is 0 Å². The molecule has 1 spiro atoms. The van der Waals surface area contributed by atoms with Gasteiger partial charge in [-0.2, -0.15) is 0 Å². The SMILES string of the molecule is COc1ccc(CN2CCC3(CC2)CC(C)=NO3)cc1. The molecule has 1 fully saturated rings. The molecule has 0 unspecified atom stereocenters. The highest BCUT2D eigenvalue weighted by Crippen LogP contribution is 2.34. The van der Waals surface area contributed by atoms with Gasteiger partial charge >= 0.3 is 0 Å². The van der Waals surface area contributed by atoms with E-state index < -0.39 is 0 Å². The molecule has 0 aromatic heterocycles. The predicted molar refractivity (Wildman–Crippen MR) is 79.0 cm³/mol. The molecule has 0 aliphatic carbocycles. The molecule has 0 bridgehead atoms. The van der Waals surface area contributed by atoms with Gasteiger partial charge in [0.05, 0.1) is 12.8 Å². The zero-order valence-electron chi connectivity index (χ0n) is 12.3. The van der Waals surface area contributed by atoms with E-state index in [-0.39, 0.29) is 5.60 Å². The Bertz CT molecular complexity index is 488. The van der Waals surface area contributed by atoms with Crippen LogP contribution in [0.3, 0.4) is 0 Å². The smallest absolute Gasteiger partial charge is 0.145 e. The zero-order valence-corrected chi connectivity index (χ0v) is 12.3. The molecule has 4 heteroatoms. The molecule has 0 radical (unpaired) electrons. The van der Waals surface area contributed by atoms with Gasteiger partial charge in [0.15, 0.2) is 0 Å². The van der Waals surface area contributed by atoms with Crippen molar-refractivity contribution in [2.24, 2.45) is 5.16 Å². The standard InChI is InChI=1S/C16H22N2O2/c1-13-11-16(20-17-13)7-9-18(10-8-16)12-14-3-5-15(19-2)6-4-14/h3-6H,7-12H2,1-2H3. The number of benzene rings is 1. The molecule has 0 amide bonds. The van der Waals surface area contributed by atoms with Crippen molar-refractivity contribution in [3.05, 3.63) is 29.8 Å². The molecule has 1 saturated heterocycles. The number of nitrogens with zero attached hydrogens (tertiary/aromatic N) is 2. The lowest BCUT2D eigenvalue weighted by Crippen LogP contribution is -2.44. The monoisotopic (exact) mass is 274 g/mol. The van der Waals surface area contributed by atoms with Gasteiger partial charge in [-0.3, -0.25) is 4.90 Å². The Balaban J connectivity index is 1.53. The molecule has 3 rings (SSSR count). The zero-order chi connectivity index (χ0) is 14.0. The quantitative estimate of drug-likeness (QED) is 0.850. The number of hydrogen-bond donors (Lipinski definition) is 0. The van der Waals surface area contributed by atoms with Crippen LogP contribution in [0.2, 0.25) is 0 Å². The molecule has 2 aliphatic rings. The Kier molecular flexibility index (Phi) is 3.66. The molecule has 1 aromatic rings. The number of ether oxygens (including phenoxy) is 1. The van der Waals surface area contributed by atoms with Gasteiger partial charge in [-0.1, -0.05) is 17.3 Å². The van der Waals surface area contributed by atoms with Crippen LogP contribution in [-0.2, 0) is 11.4 Å². The highest BCUT2D eigenvalue weighted by atomic mass is 16.7. The summed E-state index contributed by atoms with van der Waals surface area (Å²) in [4.78, 5) is 8.16. The van der Waals surface area contributed by atoms with E-state index in [0.29, 0.717) is 0 Å². The first-order valence-corrected chi connectivity index (χ1v) is 7.26. The normalized spacial score (nSPS) is 21.6. The summed E-state index contributed by atoms with van der Waals surface area (Å²) in [5, 5.41) is 4.13. The molecule has 2 heterocycles. The summed E-state index contributed by atoms with van der Waals surface area (Å²) in [6, 6.07) is 8.33. The second kappa shape index (κ2) is 5.44. The van der Waals surface area contributed by atoms with E-state index in [1.165, 1.54) is 5.56 Å².